The minimum atomic E-state index is 0.840. The standard InChI is InChI=1S/C14H22N4S/c1-3-11-5-6-17(10-11)13-12(9-15-4-2)18-7-8-19-14(18)16-13/h7-8,11,15H,3-6,9-10H2,1-2H3. The number of anilines is 1. The lowest BCUT2D eigenvalue weighted by Crippen LogP contribution is -2.23. The van der Waals surface area contributed by atoms with Crippen LogP contribution in [0, 0.1) is 5.92 Å². The molecule has 0 bridgehead atoms. The van der Waals surface area contributed by atoms with E-state index in [1.165, 1.54) is 30.9 Å². The van der Waals surface area contributed by atoms with Crippen molar-refractivity contribution in [1.29, 1.82) is 0 Å². The highest BCUT2D eigenvalue weighted by molar-refractivity contribution is 7.15. The summed E-state index contributed by atoms with van der Waals surface area (Å²) < 4.78 is 2.24. The van der Waals surface area contributed by atoms with Crippen molar-refractivity contribution >= 4 is 22.1 Å². The average Bonchev–Trinajstić information content (AvgIpc) is 3.11. The Balaban J connectivity index is 1.91. The molecule has 1 N–H and O–H groups in total. The summed E-state index contributed by atoms with van der Waals surface area (Å²) in [6, 6.07) is 0. The van der Waals surface area contributed by atoms with Gasteiger partial charge in [0.1, 0.15) is 0 Å². The number of hydrogen-bond acceptors (Lipinski definition) is 4. The Morgan fingerprint density at radius 2 is 2.37 bits per heavy atom. The lowest BCUT2D eigenvalue weighted by molar-refractivity contribution is 0.568. The number of nitrogens with zero attached hydrogens (tertiary/aromatic N) is 3. The van der Waals surface area contributed by atoms with E-state index < -0.39 is 0 Å². The first-order valence-electron chi connectivity index (χ1n) is 7.23. The third-order valence-electron chi connectivity index (χ3n) is 4.05. The zero-order valence-electron chi connectivity index (χ0n) is 11.7. The van der Waals surface area contributed by atoms with Gasteiger partial charge in [-0.1, -0.05) is 20.3 Å². The monoisotopic (exact) mass is 278 g/mol. The number of thiazole rings is 1. The summed E-state index contributed by atoms with van der Waals surface area (Å²) in [6.07, 6.45) is 4.72. The molecule has 0 spiro atoms. The second-order valence-electron chi connectivity index (χ2n) is 5.23. The maximum absolute atomic E-state index is 4.84. The summed E-state index contributed by atoms with van der Waals surface area (Å²) in [6.45, 7) is 8.66. The summed E-state index contributed by atoms with van der Waals surface area (Å²) >= 11 is 1.72. The zero-order valence-corrected chi connectivity index (χ0v) is 12.5. The van der Waals surface area contributed by atoms with E-state index in [-0.39, 0.29) is 0 Å². The van der Waals surface area contributed by atoms with Gasteiger partial charge in [-0.05, 0) is 18.9 Å². The Kier molecular flexibility index (Phi) is 3.75. The first-order chi connectivity index (χ1) is 9.33. The number of hydrogen-bond donors (Lipinski definition) is 1. The molecule has 1 atom stereocenters. The van der Waals surface area contributed by atoms with Gasteiger partial charge in [0, 0.05) is 31.2 Å². The Hall–Kier alpha value is -1.07. The Morgan fingerprint density at radius 1 is 1.47 bits per heavy atom. The lowest BCUT2D eigenvalue weighted by Gasteiger charge is -2.17. The van der Waals surface area contributed by atoms with Gasteiger partial charge >= 0.3 is 0 Å². The predicted molar refractivity (Wildman–Crippen MR) is 81.1 cm³/mol. The van der Waals surface area contributed by atoms with Gasteiger partial charge in [0.15, 0.2) is 10.8 Å². The van der Waals surface area contributed by atoms with Gasteiger partial charge in [0.25, 0.3) is 0 Å². The molecular weight excluding hydrogens is 256 g/mol. The summed E-state index contributed by atoms with van der Waals surface area (Å²) in [5, 5.41) is 5.55. The molecule has 1 saturated heterocycles. The summed E-state index contributed by atoms with van der Waals surface area (Å²) in [5.74, 6) is 2.04. The van der Waals surface area contributed by atoms with Crippen molar-refractivity contribution in [2.45, 2.75) is 33.2 Å². The van der Waals surface area contributed by atoms with E-state index in [9.17, 15) is 0 Å². The predicted octanol–water partition coefficient (Wildman–Crippen LogP) is 2.74. The van der Waals surface area contributed by atoms with E-state index in [1.807, 2.05) is 0 Å². The van der Waals surface area contributed by atoms with Crippen molar-refractivity contribution < 1.29 is 0 Å². The molecule has 2 aromatic rings. The van der Waals surface area contributed by atoms with Crippen LogP contribution < -0.4 is 10.2 Å². The van der Waals surface area contributed by atoms with Crippen molar-refractivity contribution in [3.8, 4) is 0 Å². The highest BCUT2D eigenvalue weighted by Gasteiger charge is 2.26. The molecule has 1 fully saturated rings. The number of nitrogens with one attached hydrogen (secondary N) is 1. The van der Waals surface area contributed by atoms with Gasteiger partial charge in [0.2, 0.25) is 0 Å². The molecule has 0 aliphatic carbocycles. The fraction of sp³-hybridized carbons (Fsp3) is 0.643. The molecule has 3 rings (SSSR count). The molecule has 0 saturated carbocycles. The topological polar surface area (TPSA) is 32.6 Å². The van der Waals surface area contributed by atoms with Gasteiger partial charge in [0.05, 0.1) is 5.69 Å². The molecular formula is C14H22N4S. The van der Waals surface area contributed by atoms with Crippen molar-refractivity contribution in [1.82, 2.24) is 14.7 Å². The largest absolute Gasteiger partial charge is 0.355 e. The van der Waals surface area contributed by atoms with E-state index in [0.717, 1.165) is 30.5 Å². The molecule has 1 aliphatic rings. The van der Waals surface area contributed by atoms with Gasteiger partial charge in [-0.25, -0.2) is 4.98 Å². The quantitative estimate of drug-likeness (QED) is 0.913. The molecule has 0 amide bonds. The Morgan fingerprint density at radius 3 is 3.11 bits per heavy atom. The van der Waals surface area contributed by atoms with Crippen LogP contribution in [0.1, 0.15) is 32.4 Å². The van der Waals surface area contributed by atoms with Crippen LogP contribution in [0.5, 0.6) is 0 Å². The van der Waals surface area contributed by atoms with E-state index >= 15 is 0 Å². The van der Waals surface area contributed by atoms with Crippen LogP contribution >= 0.6 is 11.3 Å². The van der Waals surface area contributed by atoms with Crippen LogP contribution in [-0.4, -0.2) is 29.0 Å². The first-order valence-corrected chi connectivity index (χ1v) is 8.11. The number of imidazole rings is 1. The maximum atomic E-state index is 4.84. The Bertz CT molecular complexity index is 545. The van der Waals surface area contributed by atoms with Crippen LogP contribution in [0.4, 0.5) is 5.82 Å². The normalized spacial score (nSPS) is 19.7. The molecule has 4 nitrogen and oxygen atoms in total. The van der Waals surface area contributed by atoms with E-state index in [1.54, 1.807) is 11.3 Å². The lowest BCUT2D eigenvalue weighted by atomic mass is 10.1. The minimum absolute atomic E-state index is 0.840. The summed E-state index contributed by atoms with van der Waals surface area (Å²) in [4.78, 5) is 8.43. The maximum Gasteiger partial charge on any atom is 0.195 e. The molecule has 2 aromatic heterocycles. The fourth-order valence-corrected chi connectivity index (χ4v) is 3.57. The smallest absolute Gasteiger partial charge is 0.195 e. The van der Waals surface area contributed by atoms with Gasteiger partial charge in [-0.15, -0.1) is 11.3 Å². The summed E-state index contributed by atoms with van der Waals surface area (Å²) in [5.41, 5.74) is 1.31. The van der Waals surface area contributed by atoms with E-state index in [4.69, 9.17) is 4.98 Å². The third-order valence-corrected chi connectivity index (χ3v) is 4.80. The highest BCUT2D eigenvalue weighted by Crippen LogP contribution is 2.30. The second kappa shape index (κ2) is 5.51. The number of fused-ring (bicyclic) bond motifs is 1. The van der Waals surface area contributed by atoms with Gasteiger partial charge < -0.3 is 10.2 Å². The van der Waals surface area contributed by atoms with Crippen LogP contribution in [0.25, 0.3) is 4.96 Å². The molecule has 3 heterocycles. The zero-order chi connectivity index (χ0) is 13.2. The second-order valence-corrected chi connectivity index (χ2v) is 6.10. The van der Waals surface area contributed by atoms with Crippen molar-refractivity contribution in [3.05, 3.63) is 17.3 Å². The first kappa shape index (κ1) is 12.9. The van der Waals surface area contributed by atoms with E-state index in [0.29, 0.717) is 0 Å². The van der Waals surface area contributed by atoms with Gasteiger partial charge in [-0.3, -0.25) is 4.40 Å². The molecule has 1 unspecified atom stereocenters. The number of rotatable bonds is 5. The van der Waals surface area contributed by atoms with Crippen LogP contribution in [0.3, 0.4) is 0 Å². The molecule has 0 aromatic carbocycles. The SMILES string of the molecule is CCNCc1c(N2CCC(CC)C2)nc2sccn12. The molecule has 19 heavy (non-hydrogen) atoms. The average molecular weight is 278 g/mol. The number of aromatic nitrogens is 2. The molecule has 104 valence electrons. The molecule has 5 heteroatoms. The molecule has 0 radical (unpaired) electrons. The van der Waals surface area contributed by atoms with Gasteiger partial charge in [-0.2, -0.15) is 0 Å². The fourth-order valence-electron chi connectivity index (χ4n) is 2.84. The van der Waals surface area contributed by atoms with Crippen LogP contribution in [0.15, 0.2) is 11.6 Å². The van der Waals surface area contributed by atoms with Crippen molar-refractivity contribution in [2.24, 2.45) is 5.92 Å². The van der Waals surface area contributed by atoms with Crippen LogP contribution in [0.2, 0.25) is 0 Å². The molecule has 1 aliphatic heterocycles. The van der Waals surface area contributed by atoms with Crippen molar-refractivity contribution in [2.75, 3.05) is 24.5 Å². The Labute approximate surface area is 118 Å². The van der Waals surface area contributed by atoms with Crippen LogP contribution in [-0.2, 0) is 6.54 Å². The third kappa shape index (κ3) is 2.37. The minimum Gasteiger partial charge on any atom is -0.355 e. The summed E-state index contributed by atoms with van der Waals surface area (Å²) in [7, 11) is 0. The van der Waals surface area contributed by atoms with E-state index in [2.05, 4.69) is 40.0 Å². The highest BCUT2D eigenvalue weighted by atomic mass is 32.1. The van der Waals surface area contributed by atoms with Crippen molar-refractivity contribution in [3.63, 3.8) is 0 Å².